The Hall–Kier alpha value is -2.16. The van der Waals surface area contributed by atoms with Gasteiger partial charge in [-0.25, -0.2) is 13.4 Å². The number of nitrogens with one attached hydrogen (secondary N) is 1. The lowest BCUT2D eigenvalue weighted by Crippen LogP contribution is -2.15. The van der Waals surface area contributed by atoms with Gasteiger partial charge in [-0.05, 0) is 18.2 Å². The SMILES string of the molecule is COCCn1ncc2cccc(NS(=O)(=O)c3ccc(Cl)nc3)c21. The molecule has 1 aromatic carbocycles. The predicted octanol–water partition coefficient (Wildman–Crippen LogP) is 2.53. The van der Waals surface area contributed by atoms with E-state index in [1.807, 2.05) is 6.07 Å². The van der Waals surface area contributed by atoms with E-state index >= 15 is 0 Å². The highest BCUT2D eigenvalue weighted by Crippen LogP contribution is 2.26. The fourth-order valence-corrected chi connectivity index (χ4v) is 3.42. The molecule has 0 spiro atoms. The Kier molecular flexibility index (Phi) is 4.70. The lowest BCUT2D eigenvalue weighted by Gasteiger charge is -2.11. The molecule has 0 saturated heterocycles. The molecule has 2 heterocycles. The van der Waals surface area contributed by atoms with Gasteiger partial charge in [0.25, 0.3) is 10.0 Å². The quantitative estimate of drug-likeness (QED) is 0.677. The van der Waals surface area contributed by atoms with Crippen LogP contribution in [0.3, 0.4) is 0 Å². The van der Waals surface area contributed by atoms with Crippen molar-refractivity contribution in [2.45, 2.75) is 11.4 Å². The van der Waals surface area contributed by atoms with Gasteiger partial charge in [-0.1, -0.05) is 23.7 Å². The fourth-order valence-electron chi connectivity index (χ4n) is 2.30. The van der Waals surface area contributed by atoms with E-state index in [1.165, 1.54) is 18.3 Å². The number of para-hydroxylation sites is 1. The zero-order valence-corrected chi connectivity index (χ0v) is 14.4. The van der Waals surface area contributed by atoms with Crippen LogP contribution in [0.5, 0.6) is 0 Å². The van der Waals surface area contributed by atoms with Crippen LogP contribution in [0, 0.1) is 0 Å². The third-order valence-corrected chi connectivity index (χ3v) is 5.00. The van der Waals surface area contributed by atoms with Crippen LogP contribution in [0.25, 0.3) is 10.9 Å². The van der Waals surface area contributed by atoms with E-state index in [2.05, 4.69) is 14.8 Å². The molecule has 9 heteroatoms. The van der Waals surface area contributed by atoms with E-state index in [0.717, 1.165) is 5.39 Å². The summed E-state index contributed by atoms with van der Waals surface area (Å²) in [6.07, 6.45) is 2.90. The number of methoxy groups -OCH3 is 1. The molecule has 0 aliphatic heterocycles. The van der Waals surface area contributed by atoms with Crippen molar-refractivity contribution in [2.75, 3.05) is 18.4 Å². The van der Waals surface area contributed by atoms with Crippen molar-refractivity contribution >= 4 is 38.2 Å². The average molecular weight is 367 g/mol. The van der Waals surface area contributed by atoms with Crippen molar-refractivity contribution in [3.05, 3.63) is 47.9 Å². The molecule has 0 aliphatic carbocycles. The molecule has 24 heavy (non-hydrogen) atoms. The fraction of sp³-hybridized carbons (Fsp3) is 0.200. The summed E-state index contributed by atoms with van der Waals surface area (Å²) in [7, 11) is -2.18. The van der Waals surface area contributed by atoms with Gasteiger partial charge >= 0.3 is 0 Å². The first-order chi connectivity index (χ1) is 11.5. The number of rotatable bonds is 6. The molecule has 3 aromatic rings. The van der Waals surface area contributed by atoms with E-state index in [1.54, 1.807) is 30.1 Å². The van der Waals surface area contributed by atoms with Gasteiger partial charge in [-0.15, -0.1) is 0 Å². The van der Waals surface area contributed by atoms with Crippen LogP contribution < -0.4 is 4.72 Å². The molecule has 0 aliphatic rings. The third-order valence-electron chi connectivity index (χ3n) is 3.42. The molecule has 0 amide bonds. The van der Waals surface area contributed by atoms with Crippen molar-refractivity contribution in [1.29, 1.82) is 0 Å². The number of pyridine rings is 1. The summed E-state index contributed by atoms with van der Waals surface area (Å²) in [6, 6.07) is 8.16. The van der Waals surface area contributed by atoms with Crippen molar-refractivity contribution < 1.29 is 13.2 Å². The summed E-state index contributed by atoms with van der Waals surface area (Å²) in [5.41, 5.74) is 1.14. The molecule has 0 fully saturated rings. The minimum atomic E-state index is -3.78. The number of nitrogens with zero attached hydrogens (tertiary/aromatic N) is 3. The Bertz CT molecular complexity index is 955. The summed E-state index contributed by atoms with van der Waals surface area (Å²) in [5.74, 6) is 0. The normalized spacial score (nSPS) is 11.8. The van der Waals surface area contributed by atoms with Gasteiger partial charge in [-0.2, -0.15) is 5.10 Å². The molecule has 126 valence electrons. The van der Waals surface area contributed by atoms with Crippen molar-refractivity contribution in [3.63, 3.8) is 0 Å². The number of benzene rings is 1. The Morgan fingerprint density at radius 2 is 2.08 bits per heavy atom. The Balaban J connectivity index is 2.00. The van der Waals surface area contributed by atoms with Crippen LogP contribution in [-0.4, -0.2) is 36.9 Å². The Labute approximate surface area is 144 Å². The second-order valence-electron chi connectivity index (χ2n) is 5.03. The van der Waals surface area contributed by atoms with Crippen LogP contribution in [-0.2, 0) is 21.3 Å². The minimum Gasteiger partial charge on any atom is -0.383 e. The number of fused-ring (bicyclic) bond motifs is 1. The smallest absolute Gasteiger partial charge is 0.263 e. The van der Waals surface area contributed by atoms with Gasteiger partial charge in [0.15, 0.2) is 0 Å². The molecule has 1 N–H and O–H groups in total. The molecule has 0 radical (unpaired) electrons. The van der Waals surface area contributed by atoms with Crippen molar-refractivity contribution in [3.8, 4) is 0 Å². The molecule has 0 saturated carbocycles. The average Bonchev–Trinajstić information content (AvgIpc) is 2.97. The van der Waals surface area contributed by atoms with Crippen LogP contribution in [0.15, 0.2) is 47.6 Å². The van der Waals surface area contributed by atoms with Crippen LogP contribution >= 0.6 is 11.6 Å². The number of sulfonamides is 1. The monoisotopic (exact) mass is 366 g/mol. The summed E-state index contributed by atoms with van der Waals surface area (Å²) >= 11 is 5.70. The molecule has 7 nitrogen and oxygen atoms in total. The largest absolute Gasteiger partial charge is 0.383 e. The van der Waals surface area contributed by atoms with Crippen LogP contribution in [0.4, 0.5) is 5.69 Å². The standard InChI is InChI=1S/C15H15ClN4O3S/c1-23-8-7-20-15-11(9-18-20)3-2-4-13(15)19-24(21,22)12-5-6-14(16)17-10-12/h2-6,9-10,19H,7-8H2,1H3. The maximum Gasteiger partial charge on any atom is 0.263 e. The van der Waals surface area contributed by atoms with Gasteiger partial charge < -0.3 is 4.74 Å². The molecule has 0 atom stereocenters. The first kappa shape index (κ1) is 16.7. The number of ether oxygens (including phenoxy) is 1. The minimum absolute atomic E-state index is 0.0341. The number of halogens is 1. The highest BCUT2D eigenvalue weighted by Gasteiger charge is 2.17. The number of hydrogen-bond acceptors (Lipinski definition) is 5. The van der Waals surface area contributed by atoms with Crippen LogP contribution in [0.2, 0.25) is 5.15 Å². The van der Waals surface area contributed by atoms with Gasteiger partial charge in [0, 0.05) is 18.7 Å². The van der Waals surface area contributed by atoms with Gasteiger partial charge in [-0.3, -0.25) is 9.40 Å². The summed E-state index contributed by atoms with van der Waals surface area (Å²) in [5, 5.41) is 5.34. The lowest BCUT2D eigenvalue weighted by molar-refractivity contribution is 0.185. The molecular formula is C15H15ClN4O3S. The first-order valence-electron chi connectivity index (χ1n) is 7.09. The van der Waals surface area contributed by atoms with E-state index in [9.17, 15) is 8.42 Å². The van der Waals surface area contributed by atoms with Crippen molar-refractivity contribution in [1.82, 2.24) is 14.8 Å². The Morgan fingerprint density at radius 1 is 1.25 bits per heavy atom. The summed E-state index contributed by atoms with van der Waals surface area (Å²) < 4.78 is 34.5. The lowest BCUT2D eigenvalue weighted by atomic mass is 10.2. The van der Waals surface area contributed by atoms with E-state index in [-0.39, 0.29) is 10.0 Å². The summed E-state index contributed by atoms with van der Waals surface area (Å²) in [4.78, 5) is 3.84. The number of hydrogen-bond donors (Lipinski definition) is 1. The number of anilines is 1. The van der Waals surface area contributed by atoms with Gasteiger partial charge in [0.05, 0.1) is 30.6 Å². The Morgan fingerprint density at radius 3 is 2.79 bits per heavy atom. The topological polar surface area (TPSA) is 86.1 Å². The van der Waals surface area contributed by atoms with E-state index in [0.29, 0.717) is 24.4 Å². The maximum absolute atomic E-state index is 12.6. The van der Waals surface area contributed by atoms with Gasteiger partial charge in [0.2, 0.25) is 0 Å². The van der Waals surface area contributed by atoms with Gasteiger partial charge in [0.1, 0.15) is 10.0 Å². The van der Waals surface area contributed by atoms with E-state index in [4.69, 9.17) is 16.3 Å². The summed E-state index contributed by atoms with van der Waals surface area (Å²) in [6.45, 7) is 0.986. The molecule has 0 unspecified atom stereocenters. The first-order valence-corrected chi connectivity index (χ1v) is 8.95. The molecular weight excluding hydrogens is 352 g/mol. The number of aromatic nitrogens is 3. The highest BCUT2D eigenvalue weighted by molar-refractivity contribution is 7.92. The molecule has 2 aromatic heterocycles. The predicted molar refractivity (Wildman–Crippen MR) is 91.7 cm³/mol. The zero-order valence-electron chi connectivity index (χ0n) is 12.8. The third kappa shape index (κ3) is 3.35. The molecule has 0 bridgehead atoms. The van der Waals surface area contributed by atoms with Crippen LogP contribution in [0.1, 0.15) is 0 Å². The maximum atomic E-state index is 12.6. The highest BCUT2D eigenvalue weighted by atomic mass is 35.5. The zero-order chi connectivity index (χ0) is 17.2. The van der Waals surface area contributed by atoms with E-state index < -0.39 is 10.0 Å². The second-order valence-corrected chi connectivity index (χ2v) is 7.10. The van der Waals surface area contributed by atoms with Crippen molar-refractivity contribution in [2.24, 2.45) is 0 Å². The molecule has 3 rings (SSSR count). The second kappa shape index (κ2) is 6.76.